The average molecular weight is 207 g/mol. The van der Waals surface area contributed by atoms with Gasteiger partial charge in [0.2, 0.25) is 5.78 Å². The van der Waals surface area contributed by atoms with Crippen molar-refractivity contribution < 1.29 is 15.0 Å². The predicted molar refractivity (Wildman–Crippen MR) is 39.2 cm³/mol. The number of hydrogen-bond donors (Lipinski definition) is 2. The molecule has 10 heavy (non-hydrogen) atoms. The fraction of sp³-hybridized carbons (Fsp3) is 0.500. The lowest BCUT2D eigenvalue weighted by atomic mass is 10.0. The number of carbonyl (C=O) groups is 1. The Morgan fingerprint density at radius 3 is 2.50 bits per heavy atom. The highest BCUT2D eigenvalue weighted by Crippen LogP contribution is 2.23. The minimum absolute atomic E-state index is 0.0316. The van der Waals surface area contributed by atoms with Gasteiger partial charge in [-0.05, 0) is 0 Å². The van der Waals surface area contributed by atoms with Crippen molar-refractivity contribution in [1.82, 2.24) is 0 Å². The SMILES string of the molecule is O=C1CC(Br)CC(O)=C1O. The Morgan fingerprint density at radius 1 is 1.40 bits per heavy atom. The van der Waals surface area contributed by atoms with Crippen LogP contribution >= 0.6 is 15.9 Å². The first-order chi connectivity index (χ1) is 4.61. The molecule has 0 aliphatic heterocycles. The van der Waals surface area contributed by atoms with Crippen molar-refractivity contribution in [2.24, 2.45) is 0 Å². The van der Waals surface area contributed by atoms with Crippen LogP contribution in [0.15, 0.2) is 11.5 Å². The molecule has 1 atom stereocenters. The van der Waals surface area contributed by atoms with Gasteiger partial charge < -0.3 is 10.2 Å². The lowest BCUT2D eigenvalue weighted by molar-refractivity contribution is -0.118. The van der Waals surface area contributed by atoms with E-state index < -0.39 is 11.5 Å². The topological polar surface area (TPSA) is 57.5 Å². The van der Waals surface area contributed by atoms with Crippen molar-refractivity contribution in [3.63, 3.8) is 0 Å². The summed E-state index contributed by atoms with van der Waals surface area (Å²) in [5.41, 5.74) is 0. The molecule has 0 aromatic heterocycles. The molecule has 0 aromatic rings. The van der Waals surface area contributed by atoms with Crippen LogP contribution in [0.4, 0.5) is 0 Å². The van der Waals surface area contributed by atoms with Crippen LogP contribution in [0.3, 0.4) is 0 Å². The maximum Gasteiger partial charge on any atom is 0.201 e. The lowest BCUT2D eigenvalue weighted by Crippen LogP contribution is -2.18. The van der Waals surface area contributed by atoms with Crippen molar-refractivity contribution in [2.45, 2.75) is 17.7 Å². The third kappa shape index (κ3) is 1.31. The van der Waals surface area contributed by atoms with Crippen LogP contribution in [-0.2, 0) is 4.79 Å². The van der Waals surface area contributed by atoms with Gasteiger partial charge in [0, 0.05) is 17.7 Å². The van der Waals surface area contributed by atoms with Gasteiger partial charge in [-0.2, -0.15) is 0 Å². The van der Waals surface area contributed by atoms with Crippen LogP contribution < -0.4 is 0 Å². The molecule has 0 spiro atoms. The zero-order chi connectivity index (χ0) is 7.72. The summed E-state index contributed by atoms with van der Waals surface area (Å²) in [7, 11) is 0. The molecule has 4 heteroatoms. The third-order valence-electron chi connectivity index (χ3n) is 1.36. The van der Waals surface area contributed by atoms with E-state index in [9.17, 15) is 4.79 Å². The molecule has 0 saturated carbocycles. The van der Waals surface area contributed by atoms with E-state index >= 15 is 0 Å². The Labute approximate surface area is 66.5 Å². The Balaban J connectivity index is 2.85. The molecule has 0 saturated heterocycles. The first kappa shape index (κ1) is 7.60. The highest BCUT2D eigenvalue weighted by atomic mass is 79.9. The molecule has 1 rings (SSSR count). The molecule has 0 bridgehead atoms. The summed E-state index contributed by atoms with van der Waals surface area (Å²) in [5, 5.41) is 17.7. The molecular weight excluding hydrogens is 200 g/mol. The molecule has 56 valence electrons. The second kappa shape index (κ2) is 2.62. The van der Waals surface area contributed by atoms with Crippen LogP contribution in [0.5, 0.6) is 0 Å². The normalized spacial score (nSPS) is 27.3. The van der Waals surface area contributed by atoms with Crippen molar-refractivity contribution in [2.75, 3.05) is 0 Å². The maximum atomic E-state index is 10.7. The molecule has 2 N–H and O–H groups in total. The largest absolute Gasteiger partial charge is 0.508 e. The number of aliphatic hydroxyl groups is 2. The second-order valence-electron chi connectivity index (χ2n) is 2.22. The predicted octanol–water partition coefficient (Wildman–Crippen LogP) is 1.44. The van der Waals surface area contributed by atoms with Crippen molar-refractivity contribution in [3.05, 3.63) is 11.5 Å². The van der Waals surface area contributed by atoms with E-state index in [0.29, 0.717) is 6.42 Å². The van der Waals surface area contributed by atoms with E-state index in [4.69, 9.17) is 10.2 Å². The van der Waals surface area contributed by atoms with E-state index in [1.165, 1.54) is 0 Å². The summed E-state index contributed by atoms with van der Waals surface area (Å²) in [6.45, 7) is 0. The van der Waals surface area contributed by atoms with Crippen LogP contribution in [0.25, 0.3) is 0 Å². The smallest absolute Gasteiger partial charge is 0.201 e. The zero-order valence-corrected chi connectivity index (χ0v) is 6.76. The fourth-order valence-corrected chi connectivity index (χ4v) is 1.44. The Kier molecular flexibility index (Phi) is 1.99. The number of alkyl halides is 1. The average Bonchev–Trinajstić information content (AvgIpc) is 1.82. The number of allylic oxidation sites excluding steroid dienone is 2. The van der Waals surface area contributed by atoms with Crippen LogP contribution in [0, 0.1) is 0 Å². The van der Waals surface area contributed by atoms with E-state index in [2.05, 4.69) is 15.9 Å². The van der Waals surface area contributed by atoms with Gasteiger partial charge >= 0.3 is 0 Å². The minimum Gasteiger partial charge on any atom is -0.508 e. The standard InChI is InChI=1S/C6H7BrO3/c7-3-1-4(8)6(10)5(9)2-3/h3,8,10H,1-2H2. The number of Topliss-reactive ketones (excluding diaryl/α,β-unsaturated/α-hetero) is 1. The molecule has 1 aliphatic rings. The van der Waals surface area contributed by atoms with Gasteiger partial charge in [-0.25, -0.2) is 0 Å². The van der Waals surface area contributed by atoms with Crippen molar-refractivity contribution >= 4 is 21.7 Å². The molecule has 1 aliphatic carbocycles. The van der Waals surface area contributed by atoms with Gasteiger partial charge in [-0.1, -0.05) is 15.9 Å². The van der Waals surface area contributed by atoms with Gasteiger partial charge in [-0.15, -0.1) is 0 Å². The molecule has 0 heterocycles. The Bertz CT molecular complexity index is 197. The van der Waals surface area contributed by atoms with Gasteiger partial charge in [0.05, 0.1) is 0 Å². The molecule has 0 fully saturated rings. The quantitative estimate of drug-likeness (QED) is 0.591. The highest BCUT2D eigenvalue weighted by Gasteiger charge is 2.25. The summed E-state index contributed by atoms with van der Waals surface area (Å²) in [4.78, 5) is 10.7. The molecule has 1 unspecified atom stereocenters. The maximum absolute atomic E-state index is 10.7. The van der Waals surface area contributed by atoms with Gasteiger partial charge in [0.25, 0.3) is 0 Å². The fourth-order valence-electron chi connectivity index (χ4n) is 0.837. The summed E-state index contributed by atoms with van der Waals surface area (Å²) >= 11 is 3.17. The first-order valence-corrected chi connectivity index (χ1v) is 3.81. The summed E-state index contributed by atoms with van der Waals surface area (Å²) in [5.74, 6) is -1.08. The molecule has 0 radical (unpaired) electrons. The summed E-state index contributed by atoms with van der Waals surface area (Å²) < 4.78 is 0. The Morgan fingerprint density at radius 2 is 2.00 bits per heavy atom. The van der Waals surface area contributed by atoms with Crippen LogP contribution in [0.1, 0.15) is 12.8 Å². The number of rotatable bonds is 0. The number of carbonyl (C=O) groups excluding carboxylic acids is 1. The van der Waals surface area contributed by atoms with E-state index in [1.54, 1.807) is 0 Å². The lowest BCUT2D eigenvalue weighted by Gasteiger charge is -2.14. The number of hydrogen-bond acceptors (Lipinski definition) is 3. The molecule has 3 nitrogen and oxygen atoms in total. The summed E-state index contributed by atoms with van der Waals surface area (Å²) in [6, 6.07) is 0. The molecule has 0 amide bonds. The molecular formula is C6H7BrO3. The van der Waals surface area contributed by atoms with Crippen LogP contribution in [-0.4, -0.2) is 20.8 Å². The third-order valence-corrected chi connectivity index (χ3v) is 2.01. The second-order valence-corrected chi connectivity index (χ2v) is 3.52. The minimum atomic E-state index is -0.476. The monoisotopic (exact) mass is 206 g/mol. The van der Waals surface area contributed by atoms with E-state index in [0.717, 1.165) is 0 Å². The number of aliphatic hydroxyl groups excluding tert-OH is 2. The van der Waals surface area contributed by atoms with Gasteiger partial charge in [0.15, 0.2) is 5.76 Å². The Hall–Kier alpha value is -0.510. The molecule has 0 aromatic carbocycles. The zero-order valence-electron chi connectivity index (χ0n) is 5.17. The number of ketones is 1. The van der Waals surface area contributed by atoms with Gasteiger partial charge in [-0.3, -0.25) is 4.79 Å². The van der Waals surface area contributed by atoms with E-state index in [-0.39, 0.29) is 17.0 Å². The first-order valence-electron chi connectivity index (χ1n) is 2.89. The van der Waals surface area contributed by atoms with Crippen molar-refractivity contribution in [3.8, 4) is 0 Å². The van der Waals surface area contributed by atoms with Crippen molar-refractivity contribution in [1.29, 1.82) is 0 Å². The van der Waals surface area contributed by atoms with Crippen LogP contribution in [0.2, 0.25) is 0 Å². The highest BCUT2D eigenvalue weighted by molar-refractivity contribution is 9.09. The van der Waals surface area contributed by atoms with E-state index in [1.807, 2.05) is 0 Å². The number of halogens is 1. The summed E-state index contributed by atoms with van der Waals surface area (Å²) in [6.07, 6.45) is 0.591. The van der Waals surface area contributed by atoms with Gasteiger partial charge in [0.1, 0.15) is 5.76 Å².